The Hall–Kier alpha value is -3.25. The lowest BCUT2D eigenvalue weighted by molar-refractivity contribution is 0.415. The highest BCUT2D eigenvalue weighted by Crippen LogP contribution is 2.54. The van der Waals surface area contributed by atoms with Crippen molar-refractivity contribution in [3.05, 3.63) is 70.3 Å². The SMILES string of the molecule is COc1ccc2c(c1)-c1c(C#N)c(N3CCCCC3)c3c(c1C2)-c1ccccc1C3. The number of anilines is 1. The summed E-state index contributed by atoms with van der Waals surface area (Å²) in [6, 6.07) is 17.8. The van der Waals surface area contributed by atoms with E-state index in [4.69, 9.17) is 4.74 Å². The van der Waals surface area contributed by atoms with E-state index in [0.29, 0.717) is 0 Å². The Bertz CT molecular complexity index is 1230. The topological polar surface area (TPSA) is 36.3 Å². The van der Waals surface area contributed by atoms with Crippen LogP contribution in [0.2, 0.25) is 0 Å². The molecule has 30 heavy (non-hydrogen) atoms. The number of methoxy groups -OCH3 is 1. The molecule has 0 amide bonds. The van der Waals surface area contributed by atoms with E-state index in [0.717, 1.165) is 42.8 Å². The van der Waals surface area contributed by atoms with E-state index in [1.54, 1.807) is 7.11 Å². The van der Waals surface area contributed by atoms with Crippen LogP contribution in [0.3, 0.4) is 0 Å². The second kappa shape index (κ2) is 6.64. The van der Waals surface area contributed by atoms with Gasteiger partial charge in [-0.3, -0.25) is 0 Å². The first-order valence-corrected chi connectivity index (χ1v) is 10.9. The van der Waals surface area contributed by atoms with Crippen molar-refractivity contribution in [1.82, 2.24) is 0 Å². The molecule has 1 aliphatic heterocycles. The van der Waals surface area contributed by atoms with E-state index in [9.17, 15) is 5.26 Å². The van der Waals surface area contributed by atoms with Gasteiger partial charge < -0.3 is 9.64 Å². The second-order valence-corrected chi connectivity index (χ2v) is 8.62. The maximum atomic E-state index is 10.4. The summed E-state index contributed by atoms with van der Waals surface area (Å²) in [4.78, 5) is 2.49. The molecule has 2 aliphatic carbocycles. The monoisotopic (exact) mass is 392 g/mol. The van der Waals surface area contributed by atoms with Crippen molar-refractivity contribution in [2.75, 3.05) is 25.1 Å². The summed E-state index contributed by atoms with van der Waals surface area (Å²) in [5.41, 5.74) is 12.5. The van der Waals surface area contributed by atoms with Crippen LogP contribution in [0.4, 0.5) is 5.69 Å². The van der Waals surface area contributed by atoms with E-state index in [1.165, 1.54) is 63.9 Å². The first-order valence-electron chi connectivity index (χ1n) is 10.9. The standard InChI is InChI=1S/C27H24N2O/c1-30-19-10-9-18-13-22-25-20-8-4-3-7-17(20)14-23(25)27(29-11-5-2-6-12-29)24(16-28)26(22)21(18)15-19/h3-4,7-10,15H,2,5-6,11-14H2,1H3. The first-order chi connectivity index (χ1) is 14.8. The Morgan fingerprint density at radius 1 is 0.867 bits per heavy atom. The van der Waals surface area contributed by atoms with Crippen molar-refractivity contribution in [1.29, 1.82) is 5.26 Å². The van der Waals surface area contributed by atoms with Crippen molar-refractivity contribution >= 4 is 5.69 Å². The molecule has 1 heterocycles. The summed E-state index contributed by atoms with van der Waals surface area (Å²) < 4.78 is 5.53. The van der Waals surface area contributed by atoms with Gasteiger partial charge in [0.25, 0.3) is 0 Å². The fourth-order valence-corrected chi connectivity index (χ4v) is 5.76. The summed E-state index contributed by atoms with van der Waals surface area (Å²) in [6.45, 7) is 2.09. The fraction of sp³-hybridized carbons (Fsp3) is 0.296. The molecule has 0 radical (unpaired) electrons. The van der Waals surface area contributed by atoms with Crippen molar-refractivity contribution in [3.8, 4) is 34.1 Å². The number of hydrogen-bond acceptors (Lipinski definition) is 3. The van der Waals surface area contributed by atoms with Gasteiger partial charge >= 0.3 is 0 Å². The van der Waals surface area contributed by atoms with Crippen LogP contribution in [-0.2, 0) is 12.8 Å². The first kappa shape index (κ1) is 17.6. The van der Waals surface area contributed by atoms with Gasteiger partial charge in [0.15, 0.2) is 0 Å². The molecule has 3 nitrogen and oxygen atoms in total. The lowest BCUT2D eigenvalue weighted by Crippen LogP contribution is -2.31. The minimum absolute atomic E-state index is 0.853. The van der Waals surface area contributed by atoms with Crippen LogP contribution >= 0.6 is 0 Å². The summed E-state index contributed by atoms with van der Waals surface area (Å²) >= 11 is 0. The third kappa shape index (κ3) is 2.37. The van der Waals surface area contributed by atoms with Gasteiger partial charge in [0.05, 0.1) is 18.4 Å². The molecule has 0 bridgehead atoms. The Labute approximate surface area is 177 Å². The van der Waals surface area contributed by atoms with E-state index in [1.807, 2.05) is 6.07 Å². The lowest BCUT2D eigenvalue weighted by atomic mass is 9.88. The van der Waals surface area contributed by atoms with E-state index < -0.39 is 0 Å². The van der Waals surface area contributed by atoms with E-state index >= 15 is 0 Å². The Morgan fingerprint density at radius 2 is 1.63 bits per heavy atom. The van der Waals surface area contributed by atoms with Crippen molar-refractivity contribution in [2.24, 2.45) is 0 Å². The van der Waals surface area contributed by atoms with Gasteiger partial charge in [-0.1, -0.05) is 30.3 Å². The predicted molar refractivity (Wildman–Crippen MR) is 120 cm³/mol. The van der Waals surface area contributed by atoms with Crippen LogP contribution in [0, 0.1) is 11.3 Å². The van der Waals surface area contributed by atoms with Gasteiger partial charge in [-0.15, -0.1) is 0 Å². The molecule has 148 valence electrons. The molecule has 0 aromatic heterocycles. The molecule has 0 N–H and O–H groups in total. The molecule has 3 aromatic carbocycles. The van der Waals surface area contributed by atoms with Gasteiger partial charge in [-0.25, -0.2) is 0 Å². The van der Waals surface area contributed by atoms with E-state index in [2.05, 4.69) is 47.4 Å². The van der Waals surface area contributed by atoms with Crippen LogP contribution in [0.25, 0.3) is 22.3 Å². The molecular weight excluding hydrogens is 368 g/mol. The Kier molecular flexibility index (Phi) is 3.89. The smallest absolute Gasteiger partial charge is 0.119 e. The summed E-state index contributed by atoms with van der Waals surface area (Å²) in [5, 5.41) is 10.4. The molecule has 3 aliphatic rings. The maximum absolute atomic E-state index is 10.4. The van der Waals surface area contributed by atoms with Crippen LogP contribution in [0.15, 0.2) is 42.5 Å². The van der Waals surface area contributed by atoms with Gasteiger partial charge in [0.2, 0.25) is 0 Å². The predicted octanol–water partition coefficient (Wildman–Crippen LogP) is 5.70. The molecule has 3 aromatic rings. The normalized spacial score (nSPS) is 15.8. The largest absolute Gasteiger partial charge is 0.497 e. The molecule has 0 spiro atoms. The van der Waals surface area contributed by atoms with Crippen LogP contribution < -0.4 is 9.64 Å². The van der Waals surface area contributed by atoms with Gasteiger partial charge in [0.1, 0.15) is 11.8 Å². The Morgan fingerprint density at radius 3 is 2.43 bits per heavy atom. The van der Waals surface area contributed by atoms with Gasteiger partial charge in [0, 0.05) is 25.1 Å². The van der Waals surface area contributed by atoms with Crippen molar-refractivity contribution in [3.63, 3.8) is 0 Å². The molecule has 0 unspecified atom stereocenters. The number of fused-ring (bicyclic) bond motifs is 7. The molecule has 1 fully saturated rings. The lowest BCUT2D eigenvalue weighted by Gasteiger charge is -2.32. The van der Waals surface area contributed by atoms with Crippen LogP contribution in [0.5, 0.6) is 5.75 Å². The molecular formula is C27H24N2O. The fourth-order valence-electron chi connectivity index (χ4n) is 5.76. The van der Waals surface area contributed by atoms with Crippen molar-refractivity contribution < 1.29 is 4.74 Å². The molecule has 3 heteroatoms. The second-order valence-electron chi connectivity index (χ2n) is 8.62. The zero-order chi connectivity index (χ0) is 20.2. The summed E-state index contributed by atoms with van der Waals surface area (Å²) in [7, 11) is 1.71. The van der Waals surface area contributed by atoms with Gasteiger partial charge in [-0.2, -0.15) is 5.26 Å². The zero-order valence-electron chi connectivity index (χ0n) is 17.3. The molecule has 6 rings (SSSR count). The molecule has 1 saturated heterocycles. The summed E-state index contributed by atoms with van der Waals surface area (Å²) in [6.07, 6.45) is 5.51. The third-order valence-electron chi connectivity index (χ3n) is 7.07. The zero-order valence-corrected chi connectivity index (χ0v) is 17.3. The summed E-state index contributed by atoms with van der Waals surface area (Å²) in [5.74, 6) is 0.853. The Balaban J connectivity index is 1.69. The van der Waals surface area contributed by atoms with E-state index in [-0.39, 0.29) is 0 Å². The molecule has 0 atom stereocenters. The number of benzene rings is 3. The number of piperidine rings is 1. The number of hydrogen-bond donors (Lipinski definition) is 0. The van der Waals surface area contributed by atoms with Gasteiger partial charge in [-0.05, 0) is 76.8 Å². The number of nitriles is 1. The highest BCUT2D eigenvalue weighted by atomic mass is 16.5. The average molecular weight is 393 g/mol. The highest BCUT2D eigenvalue weighted by Gasteiger charge is 2.36. The van der Waals surface area contributed by atoms with Crippen molar-refractivity contribution in [2.45, 2.75) is 32.1 Å². The van der Waals surface area contributed by atoms with Crippen LogP contribution in [-0.4, -0.2) is 20.2 Å². The number of ether oxygens (including phenoxy) is 1. The number of nitrogens with zero attached hydrogens (tertiary/aromatic N) is 2. The number of rotatable bonds is 2. The maximum Gasteiger partial charge on any atom is 0.119 e. The van der Waals surface area contributed by atoms with Crippen LogP contribution in [0.1, 0.15) is 47.1 Å². The highest BCUT2D eigenvalue weighted by molar-refractivity contribution is 5.98. The minimum Gasteiger partial charge on any atom is -0.497 e. The molecule has 0 saturated carbocycles. The minimum atomic E-state index is 0.853. The third-order valence-corrected chi connectivity index (χ3v) is 7.07. The average Bonchev–Trinajstić information content (AvgIpc) is 3.36. The quantitative estimate of drug-likeness (QED) is 0.387.